The number of aromatic amines is 1. The van der Waals surface area contributed by atoms with E-state index in [2.05, 4.69) is 31.9 Å². The highest BCUT2D eigenvalue weighted by Crippen LogP contribution is 2.21. The van der Waals surface area contributed by atoms with Crippen molar-refractivity contribution in [2.45, 2.75) is 18.9 Å². The fourth-order valence-electron chi connectivity index (χ4n) is 2.71. The van der Waals surface area contributed by atoms with Gasteiger partial charge in [0.15, 0.2) is 5.82 Å². The molecule has 1 aliphatic rings. The van der Waals surface area contributed by atoms with Gasteiger partial charge in [0.05, 0.1) is 0 Å². The van der Waals surface area contributed by atoms with E-state index in [-0.39, 0.29) is 5.56 Å². The second-order valence-corrected chi connectivity index (χ2v) is 5.14. The SMILES string of the molecule is CN(c1ccncn1)C1CCN(c2ncc[nH]c2=O)CC1. The zero-order valence-electron chi connectivity index (χ0n) is 11.9. The van der Waals surface area contributed by atoms with E-state index in [1.807, 2.05) is 11.0 Å². The minimum Gasteiger partial charge on any atom is -0.356 e. The van der Waals surface area contributed by atoms with E-state index in [1.54, 1.807) is 24.9 Å². The van der Waals surface area contributed by atoms with E-state index in [0.29, 0.717) is 11.9 Å². The van der Waals surface area contributed by atoms with Gasteiger partial charge in [-0.05, 0) is 18.9 Å². The molecule has 1 N–H and O–H groups in total. The predicted octanol–water partition coefficient (Wildman–Crippen LogP) is 0.665. The number of rotatable bonds is 3. The first-order valence-corrected chi connectivity index (χ1v) is 7.03. The van der Waals surface area contributed by atoms with Crippen molar-refractivity contribution in [3.05, 3.63) is 41.3 Å². The molecule has 1 saturated heterocycles. The molecule has 0 spiro atoms. The first-order valence-electron chi connectivity index (χ1n) is 7.03. The highest BCUT2D eigenvalue weighted by atomic mass is 16.1. The molecule has 21 heavy (non-hydrogen) atoms. The number of nitrogens with one attached hydrogen (secondary N) is 1. The summed E-state index contributed by atoms with van der Waals surface area (Å²) in [5.41, 5.74) is -0.125. The van der Waals surface area contributed by atoms with E-state index < -0.39 is 0 Å². The smallest absolute Gasteiger partial charge is 0.290 e. The van der Waals surface area contributed by atoms with Gasteiger partial charge in [0.25, 0.3) is 5.56 Å². The Morgan fingerprint density at radius 3 is 2.76 bits per heavy atom. The van der Waals surface area contributed by atoms with Crippen molar-refractivity contribution in [1.29, 1.82) is 0 Å². The molecule has 110 valence electrons. The summed E-state index contributed by atoms with van der Waals surface area (Å²) in [6.45, 7) is 1.64. The van der Waals surface area contributed by atoms with E-state index >= 15 is 0 Å². The molecule has 0 amide bonds. The molecule has 0 bridgehead atoms. The molecule has 0 saturated carbocycles. The van der Waals surface area contributed by atoms with Crippen molar-refractivity contribution < 1.29 is 0 Å². The zero-order chi connectivity index (χ0) is 14.7. The Kier molecular flexibility index (Phi) is 3.81. The Balaban J connectivity index is 1.66. The molecule has 2 aromatic rings. The molecule has 7 heteroatoms. The van der Waals surface area contributed by atoms with Crippen LogP contribution in [-0.4, -0.2) is 46.1 Å². The van der Waals surface area contributed by atoms with Gasteiger partial charge in [-0.2, -0.15) is 0 Å². The van der Waals surface area contributed by atoms with E-state index in [0.717, 1.165) is 31.7 Å². The maximum absolute atomic E-state index is 11.8. The van der Waals surface area contributed by atoms with Crippen molar-refractivity contribution >= 4 is 11.6 Å². The monoisotopic (exact) mass is 286 g/mol. The Bertz CT molecular complexity index is 635. The van der Waals surface area contributed by atoms with Gasteiger partial charge >= 0.3 is 0 Å². The summed E-state index contributed by atoms with van der Waals surface area (Å²) in [5, 5.41) is 0. The summed E-state index contributed by atoms with van der Waals surface area (Å²) < 4.78 is 0. The Morgan fingerprint density at radius 1 is 1.29 bits per heavy atom. The third-order valence-electron chi connectivity index (χ3n) is 3.93. The summed E-state index contributed by atoms with van der Waals surface area (Å²) in [4.78, 5) is 31.1. The Labute approximate surface area is 122 Å². The Morgan fingerprint density at radius 2 is 2.10 bits per heavy atom. The topological polar surface area (TPSA) is 78.0 Å². The lowest BCUT2D eigenvalue weighted by molar-refractivity contribution is 0.477. The van der Waals surface area contributed by atoms with Crippen molar-refractivity contribution in [3.8, 4) is 0 Å². The molecule has 7 nitrogen and oxygen atoms in total. The summed E-state index contributed by atoms with van der Waals surface area (Å²) >= 11 is 0. The van der Waals surface area contributed by atoms with Gasteiger partial charge in [0.2, 0.25) is 0 Å². The molecule has 0 atom stereocenters. The molecule has 0 radical (unpaired) electrons. The van der Waals surface area contributed by atoms with Crippen LogP contribution in [-0.2, 0) is 0 Å². The molecular formula is C14H18N6O. The molecule has 0 aromatic carbocycles. The van der Waals surface area contributed by atoms with Crippen molar-refractivity contribution in [2.75, 3.05) is 29.9 Å². The number of hydrogen-bond acceptors (Lipinski definition) is 6. The van der Waals surface area contributed by atoms with Crippen LogP contribution < -0.4 is 15.4 Å². The fraction of sp³-hybridized carbons (Fsp3) is 0.429. The molecule has 1 aliphatic heterocycles. The van der Waals surface area contributed by atoms with Gasteiger partial charge < -0.3 is 14.8 Å². The summed E-state index contributed by atoms with van der Waals surface area (Å²) in [7, 11) is 2.05. The van der Waals surface area contributed by atoms with Crippen LogP contribution in [0.15, 0.2) is 35.8 Å². The van der Waals surface area contributed by atoms with Crippen LogP contribution in [0.5, 0.6) is 0 Å². The van der Waals surface area contributed by atoms with Crippen LogP contribution in [0.2, 0.25) is 0 Å². The standard InChI is InChI=1S/C14H18N6O/c1-19(12-2-5-15-10-18-12)11-3-8-20(9-4-11)13-14(21)17-7-6-16-13/h2,5-7,10-11H,3-4,8-9H2,1H3,(H,17,21). The van der Waals surface area contributed by atoms with Crippen LogP contribution in [0, 0.1) is 0 Å². The third-order valence-corrected chi connectivity index (χ3v) is 3.93. The molecule has 0 aliphatic carbocycles. The molecule has 3 heterocycles. The van der Waals surface area contributed by atoms with Gasteiger partial charge in [-0.1, -0.05) is 0 Å². The first-order chi connectivity index (χ1) is 10.3. The number of nitrogens with zero attached hydrogens (tertiary/aromatic N) is 5. The van der Waals surface area contributed by atoms with Gasteiger partial charge in [-0.15, -0.1) is 0 Å². The fourth-order valence-corrected chi connectivity index (χ4v) is 2.71. The summed E-state index contributed by atoms with van der Waals surface area (Å²) in [5.74, 6) is 1.44. The van der Waals surface area contributed by atoms with Crippen LogP contribution in [0.4, 0.5) is 11.6 Å². The maximum Gasteiger partial charge on any atom is 0.290 e. The number of aromatic nitrogens is 4. The number of piperidine rings is 1. The van der Waals surface area contributed by atoms with Crippen LogP contribution in [0.1, 0.15) is 12.8 Å². The first kappa shape index (κ1) is 13.5. The quantitative estimate of drug-likeness (QED) is 0.893. The summed E-state index contributed by atoms with van der Waals surface area (Å²) in [6.07, 6.45) is 8.43. The van der Waals surface area contributed by atoms with Crippen molar-refractivity contribution in [1.82, 2.24) is 19.9 Å². The maximum atomic E-state index is 11.8. The third kappa shape index (κ3) is 2.86. The van der Waals surface area contributed by atoms with Gasteiger partial charge in [-0.3, -0.25) is 4.79 Å². The number of anilines is 2. The predicted molar refractivity (Wildman–Crippen MR) is 80.5 cm³/mol. The lowest BCUT2D eigenvalue weighted by atomic mass is 10.0. The van der Waals surface area contributed by atoms with Crippen LogP contribution in [0.3, 0.4) is 0 Å². The van der Waals surface area contributed by atoms with Gasteiger partial charge in [0.1, 0.15) is 12.1 Å². The second kappa shape index (κ2) is 5.90. The molecule has 3 rings (SSSR count). The lowest BCUT2D eigenvalue weighted by Gasteiger charge is -2.37. The second-order valence-electron chi connectivity index (χ2n) is 5.14. The molecular weight excluding hydrogens is 268 g/mol. The molecule has 0 unspecified atom stereocenters. The van der Waals surface area contributed by atoms with Crippen molar-refractivity contribution in [3.63, 3.8) is 0 Å². The van der Waals surface area contributed by atoms with Gasteiger partial charge in [-0.25, -0.2) is 15.0 Å². The van der Waals surface area contributed by atoms with Crippen molar-refractivity contribution in [2.24, 2.45) is 0 Å². The molecule has 1 fully saturated rings. The highest BCUT2D eigenvalue weighted by Gasteiger charge is 2.25. The average Bonchev–Trinajstić information content (AvgIpc) is 2.56. The van der Waals surface area contributed by atoms with Gasteiger partial charge in [0, 0.05) is 44.8 Å². The van der Waals surface area contributed by atoms with Crippen LogP contribution in [0.25, 0.3) is 0 Å². The largest absolute Gasteiger partial charge is 0.356 e. The minimum absolute atomic E-state index is 0.125. The lowest BCUT2D eigenvalue weighted by Crippen LogP contribution is -2.45. The minimum atomic E-state index is -0.125. The number of H-pyrrole nitrogens is 1. The normalized spacial score (nSPS) is 16.0. The van der Waals surface area contributed by atoms with Crippen LogP contribution >= 0.6 is 0 Å². The zero-order valence-corrected chi connectivity index (χ0v) is 11.9. The summed E-state index contributed by atoms with van der Waals surface area (Å²) in [6, 6.07) is 2.33. The van der Waals surface area contributed by atoms with E-state index in [4.69, 9.17) is 0 Å². The van der Waals surface area contributed by atoms with E-state index in [9.17, 15) is 4.79 Å². The van der Waals surface area contributed by atoms with E-state index in [1.165, 1.54) is 0 Å². The molecule has 2 aromatic heterocycles. The Hall–Kier alpha value is -2.44. The highest BCUT2D eigenvalue weighted by molar-refractivity contribution is 5.39. The number of hydrogen-bond donors (Lipinski definition) is 1. The average molecular weight is 286 g/mol.